The zero-order valence-corrected chi connectivity index (χ0v) is 13.7. The van der Waals surface area contributed by atoms with Crippen LogP contribution in [-0.4, -0.2) is 36.6 Å². The maximum atomic E-state index is 12.1. The topological polar surface area (TPSA) is 80.2 Å². The molecule has 9 heteroatoms. The predicted molar refractivity (Wildman–Crippen MR) is 85.4 cm³/mol. The Morgan fingerprint density at radius 3 is 2.86 bits per heavy atom. The number of amides is 1. The third-order valence-electron chi connectivity index (χ3n) is 3.29. The van der Waals surface area contributed by atoms with Crippen LogP contribution in [0.4, 0.5) is 5.13 Å². The fraction of sp³-hybridized carbons (Fsp3) is 0.308. The lowest BCUT2D eigenvalue weighted by Crippen LogP contribution is -2.25. The minimum Gasteiger partial charge on any atom is -0.288 e. The Bertz CT molecular complexity index is 792. The summed E-state index contributed by atoms with van der Waals surface area (Å²) in [6, 6.07) is 5.52. The molecule has 0 bridgehead atoms. The molecule has 0 N–H and O–H groups in total. The molecule has 2 aromatic rings. The van der Waals surface area contributed by atoms with Gasteiger partial charge < -0.3 is 0 Å². The molecule has 1 aliphatic rings. The summed E-state index contributed by atoms with van der Waals surface area (Å²) in [5.74, 6) is -0.626. The van der Waals surface area contributed by atoms with E-state index in [1.165, 1.54) is 16.2 Å². The monoisotopic (exact) mass is 357 g/mol. The Balaban J connectivity index is 1.78. The van der Waals surface area contributed by atoms with E-state index in [1.807, 2.05) is 23.6 Å². The largest absolute Gasteiger partial charge is 0.288 e. The lowest BCUT2D eigenvalue weighted by Gasteiger charge is -2.12. The first-order valence-electron chi connectivity index (χ1n) is 6.52. The van der Waals surface area contributed by atoms with Crippen LogP contribution in [0, 0.1) is 5.92 Å². The zero-order chi connectivity index (χ0) is 15.7. The number of anilines is 1. The van der Waals surface area contributed by atoms with E-state index in [1.54, 1.807) is 6.20 Å². The van der Waals surface area contributed by atoms with Crippen molar-refractivity contribution < 1.29 is 13.2 Å². The molecule has 0 saturated carbocycles. The van der Waals surface area contributed by atoms with Gasteiger partial charge in [0.15, 0.2) is 5.13 Å². The molecule has 116 valence electrons. The fourth-order valence-electron chi connectivity index (χ4n) is 2.38. The van der Waals surface area contributed by atoms with Gasteiger partial charge in [-0.15, -0.1) is 11.3 Å². The summed E-state index contributed by atoms with van der Waals surface area (Å²) in [6.45, 7) is 0.319. The van der Waals surface area contributed by atoms with Crippen LogP contribution in [0.5, 0.6) is 0 Å². The molecule has 1 unspecified atom stereocenters. The van der Waals surface area contributed by atoms with Crippen LogP contribution >= 0.6 is 22.0 Å². The van der Waals surface area contributed by atoms with E-state index in [2.05, 4.69) is 9.97 Å². The number of carbonyl (C=O) groups excluding carboxylic acids is 1. The van der Waals surface area contributed by atoms with Crippen molar-refractivity contribution in [2.45, 2.75) is 6.42 Å². The highest BCUT2D eigenvalue weighted by Gasteiger charge is 2.34. The molecule has 1 aliphatic heterocycles. The maximum absolute atomic E-state index is 12.1. The Kier molecular flexibility index (Phi) is 4.16. The summed E-state index contributed by atoms with van der Waals surface area (Å²) in [6.07, 6.45) is 1.85. The van der Waals surface area contributed by atoms with Gasteiger partial charge in [0.2, 0.25) is 15.0 Å². The summed E-state index contributed by atoms with van der Waals surface area (Å²) in [4.78, 5) is 22.2. The smallest absolute Gasteiger partial charge is 0.232 e. The molecule has 3 rings (SSSR count). The molecular weight excluding hydrogens is 346 g/mol. The number of thiazole rings is 1. The van der Waals surface area contributed by atoms with Crippen molar-refractivity contribution in [3.63, 3.8) is 0 Å². The molecular formula is C13H12ClN3O3S2. The van der Waals surface area contributed by atoms with Crippen LogP contribution < -0.4 is 4.90 Å². The van der Waals surface area contributed by atoms with Crippen LogP contribution in [0.1, 0.15) is 6.42 Å². The predicted octanol–water partition coefficient (Wildman–Crippen LogP) is 2.13. The number of hydrogen-bond acceptors (Lipinski definition) is 6. The van der Waals surface area contributed by atoms with Gasteiger partial charge >= 0.3 is 0 Å². The highest BCUT2D eigenvalue weighted by atomic mass is 35.7. The Hall–Kier alpha value is -1.51. The average molecular weight is 358 g/mol. The van der Waals surface area contributed by atoms with E-state index in [0.29, 0.717) is 17.4 Å². The number of hydrogen-bond donors (Lipinski definition) is 0. The molecule has 3 heterocycles. The van der Waals surface area contributed by atoms with Crippen molar-refractivity contribution in [3.8, 4) is 11.4 Å². The lowest BCUT2D eigenvalue weighted by molar-refractivity contribution is -0.117. The Morgan fingerprint density at radius 2 is 2.18 bits per heavy atom. The van der Waals surface area contributed by atoms with Crippen LogP contribution in [0.3, 0.4) is 0 Å². The van der Waals surface area contributed by atoms with E-state index in [9.17, 15) is 13.2 Å². The van der Waals surface area contributed by atoms with Gasteiger partial charge in [-0.05, 0) is 12.1 Å². The van der Waals surface area contributed by atoms with Crippen molar-refractivity contribution in [2.75, 3.05) is 17.2 Å². The highest BCUT2D eigenvalue weighted by Crippen LogP contribution is 2.31. The van der Waals surface area contributed by atoms with Gasteiger partial charge in [0.1, 0.15) is 5.69 Å². The quantitative estimate of drug-likeness (QED) is 0.783. The van der Waals surface area contributed by atoms with Crippen molar-refractivity contribution in [3.05, 3.63) is 29.8 Å². The molecule has 1 atom stereocenters. The summed E-state index contributed by atoms with van der Waals surface area (Å²) in [5.41, 5.74) is 1.43. The molecule has 0 aliphatic carbocycles. The summed E-state index contributed by atoms with van der Waals surface area (Å²) < 4.78 is 22.3. The van der Waals surface area contributed by atoms with Gasteiger partial charge in [-0.2, -0.15) is 0 Å². The van der Waals surface area contributed by atoms with E-state index < -0.39 is 9.05 Å². The van der Waals surface area contributed by atoms with Gasteiger partial charge in [-0.1, -0.05) is 6.07 Å². The van der Waals surface area contributed by atoms with E-state index >= 15 is 0 Å². The molecule has 6 nitrogen and oxygen atoms in total. The fourth-order valence-corrected chi connectivity index (χ4v) is 4.55. The third kappa shape index (κ3) is 3.45. The van der Waals surface area contributed by atoms with Crippen LogP contribution in [0.2, 0.25) is 0 Å². The number of carbonyl (C=O) groups is 1. The zero-order valence-electron chi connectivity index (χ0n) is 11.3. The maximum Gasteiger partial charge on any atom is 0.232 e. The van der Waals surface area contributed by atoms with Crippen LogP contribution in [0.25, 0.3) is 11.4 Å². The second-order valence-corrected chi connectivity index (χ2v) is 8.67. The molecule has 2 aromatic heterocycles. The first-order valence-corrected chi connectivity index (χ1v) is 9.88. The van der Waals surface area contributed by atoms with Gasteiger partial charge in [0, 0.05) is 41.1 Å². The third-order valence-corrected chi connectivity index (χ3v) is 5.40. The first kappa shape index (κ1) is 15.4. The van der Waals surface area contributed by atoms with Gasteiger partial charge in [0.05, 0.1) is 11.4 Å². The van der Waals surface area contributed by atoms with E-state index in [0.717, 1.165) is 5.69 Å². The molecule has 0 radical (unpaired) electrons. The summed E-state index contributed by atoms with van der Waals surface area (Å²) in [5, 5.41) is 2.39. The molecule has 1 fully saturated rings. The number of rotatable bonds is 4. The number of aromatic nitrogens is 2. The lowest BCUT2D eigenvalue weighted by atomic mass is 10.1. The second-order valence-electron chi connectivity index (χ2n) is 5.01. The molecule has 1 amide bonds. The minimum absolute atomic E-state index is 0.132. The van der Waals surface area contributed by atoms with Crippen molar-refractivity contribution >= 4 is 42.1 Å². The number of halogens is 1. The van der Waals surface area contributed by atoms with Crippen LogP contribution in [-0.2, 0) is 13.8 Å². The highest BCUT2D eigenvalue weighted by molar-refractivity contribution is 8.13. The van der Waals surface area contributed by atoms with E-state index in [-0.39, 0.29) is 24.0 Å². The second kappa shape index (κ2) is 5.94. The van der Waals surface area contributed by atoms with Gasteiger partial charge in [-0.25, -0.2) is 13.4 Å². The SMILES string of the molecule is O=C1CC(CS(=O)(=O)Cl)CN1c1nc(-c2ccccn2)cs1. The standard InChI is InChI=1S/C13H12ClN3O3S2/c14-22(19,20)8-9-5-12(18)17(6-9)13-16-11(7-21-13)10-3-1-2-4-15-10/h1-4,7,9H,5-6,8H2. The molecule has 22 heavy (non-hydrogen) atoms. The normalized spacial score (nSPS) is 18.9. The molecule has 0 spiro atoms. The minimum atomic E-state index is -3.61. The van der Waals surface area contributed by atoms with Gasteiger partial charge in [0.25, 0.3) is 0 Å². The molecule has 0 aromatic carbocycles. The van der Waals surface area contributed by atoms with Crippen molar-refractivity contribution in [1.82, 2.24) is 9.97 Å². The Labute approximate surface area is 136 Å². The summed E-state index contributed by atoms with van der Waals surface area (Å²) in [7, 11) is 1.65. The van der Waals surface area contributed by atoms with Gasteiger partial charge in [-0.3, -0.25) is 14.7 Å². The average Bonchev–Trinajstić information content (AvgIpc) is 3.05. The summed E-state index contributed by atoms with van der Waals surface area (Å²) >= 11 is 1.34. The Morgan fingerprint density at radius 1 is 1.36 bits per heavy atom. The number of pyridine rings is 1. The van der Waals surface area contributed by atoms with E-state index in [4.69, 9.17) is 10.7 Å². The van der Waals surface area contributed by atoms with Crippen molar-refractivity contribution in [2.24, 2.45) is 5.92 Å². The van der Waals surface area contributed by atoms with Crippen LogP contribution in [0.15, 0.2) is 29.8 Å². The first-order chi connectivity index (χ1) is 10.4. The van der Waals surface area contributed by atoms with Crippen molar-refractivity contribution in [1.29, 1.82) is 0 Å². The number of nitrogens with zero attached hydrogens (tertiary/aromatic N) is 3. The molecule has 1 saturated heterocycles.